The number of para-hydroxylation sites is 1. The zero-order valence-electron chi connectivity index (χ0n) is 16.5. The summed E-state index contributed by atoms with van der Waals surface area (Å²) in [6, 6.07) is 17.3. The van der Waals surface area contributed by atoms with E-state index in [1.165, 1.54) is 23.3 Å². The van der Waals surface area contributed by atoms with E-state index in [1.807, 2.05) is 42.5 Å². The van der Waals surface area contributed by atoms with Crippen LogP contribution in [0.4, 0.5) is 5.69 Å². The number of rotatable bonds is 7. The summed E-state index contributed by atoms with van der Waals surface area (Å²) in [6.45, 7) is 5.33. The van der Waals surface area contributed by atoms with Crippen LogP contribution in [-0.4, -0.2) is 38.0 Å². The molecule has 5 heteroatoms. The Labute approximate surface area is 167 Å². The Balaban J connectivity index is 1.54. The number of carbonyl (C=O) groups is 2. The third-order valence-corrected chi connectivity index (χ3v) is 5.26. The molecule has 0 aliphatic carbocycles. The minimum absolute atomic E-state index is 0.0337. The summed E-state index contributed by atoms with van der Waals surface area (Å²) in [7, 11) is 0. The standard InChI is InChI=1S/C23H29N3O2/c1-18-8-7-15-26(16-18)17-22(27)25-21-12-6-5-11-20(21)23(28)24-14-13-19-9-3-2-4-10-19/h2-6,9-12,18H,7-8,13-17H2,1H3,(H,24,28)(H,25,27)/p+1/t18-/m1/s1. The van der Waals surface area contributed by atoms with Gasteiger partial charge in [0.15, 0.2) is 6.54 Å². The van der Waals surface area contributed by atoms with Crippen molar-refractivity contribution in [3.05, 3.63) is 65.7 Å². The Kier molecular flexibility index (Phi) is 7.20. The molecule has 1 saturated heterocycles. The maximum absolute atomic E-state index is 12.6. The average Bonchev–Trinajstić information content (AvgIpc) is 2.69. The van der Waals surface area contributed by atoms with Crippen LogP contribution in [0.1, 0.15) is 35.7 Å². The van der Waals surface area contributed by atoms with Crippen LogP contribution in [0.5, 0.6) is 0 Å². The number of amides is 2. The van der Waals surface area contributed by atoms with Crippen molar-refractivity contribution in [2.75, 3.05) is 31.5 Å². The van der Waals surface area contributed by atoms with Crippen LogP contribution < -0.4 is 15.5 Å². The summed E-state index contributed by atoms with van der Waals surface area (Å²) in [5, 5.41) is 5.89. The fourth-order valence-corrected chi connectivity index (χ4v) is 3.83. The summed E-state index contributed by atoms with van der Waals surface area (Å²) in [4.78, 5) is 26.4. The van der Waals surface area contributed by atoms with Crippen LogP contribution in [-0.2, 0) is 11.2 Å². The minimum Gasteiger partial charge on any atom is -0.352 e. The van der Waals surface area contributed by atoms with Gasteiger partial charge in [0.05, 0.1) is 24.3 Å². The lowest BCUT2D eigenvalue weighted by Crippen LogP contribution is -3.14. The number of carbonyl (C=O) groups excluding carboxylic acids is 2. The van der Waals surface area contributed by atoms with Gasteiger partial charge in [0, 0.05) is 12.5 Å². The Hall–Kier alpha value is -2.66. The molecular formula is C23H30N3O2+. The third-order valence-electron chi connectivity index (χ3n) is 5.26. The van der Waals surface area contributed by atoms with Crippen molar-refractivity contribution in [2.24, 2.45) is 5.92 Å². The first-order valence-corrected chi connectivity index (χ1v) is 10.2. The minimum atomic E-state index is -0.161. The normalized spacial score (nSPS) is 19.0. The molecule has 1 fully saturated rings. The van der Waals surface area contributed by atoms with Gasteiger partial charge in [-0.3, -0.25) is 9.59 Å². The number of hydrogen-bond donors (Lipinski definition) is 3. The second-order valence-electron chi connectivity index (χ2n) is 7.71. The van der Waals surface area contributed by atoms with Gasteiger partial charge >= 0.3 is 0 Å². The number of hydrogen-bond acceptors (Lipinski definition) is 2. The van der Waals surface area contributed by atoms with Crippen molar-refractivity contribution in [1.29, 1.82) is 0 Å². The van der Waals surface area contributed by atoms with Gasteiger partial charge in [0.1, 0.15) is 0 Å². The van der Waals surface area contributed by atoms with Crippen molar-refractivity contribution in [2.45, 2.75) is 26.2 Å². The van der Waals surface area contributed by atoms with E-state index in [0.717, 1.165) is 19.5 Å². The molecule has 0 radical (unpaired) electrons. The summed E-state index contributed by atoms with van der Waals surface area (Å²) in [6.07, 6.45) is 3.19. The van der Waals surface area contributed by atoms with E-state index in [4.69, 9.17) is 0 Å². The highest BCUT2D eigenvalue weighted by atomic mass is 16.2. The fraction of sp³-hybridized carbons (Fsp3) is 0.391. The van der Waals surface area contributed by atoms with Gasteiger partial charge in [0.25, 0.3) is 11.8 Å². The molecule has 0 bridgehead atoms. The highest BCUT2D eigenvalue weighted by Crippen LogP contribution is 2.15. The molecule has 28 heavy (non-hydrogen) atoms. The van der Waals surface area contributed by atoms with Gasteiger partial charge in [-0.2, -0.15) is 0 Å². The maximum Gasteiger partial charge on any atom is 0.279 e. The number of nitrogens with one attached hydrogen (secondary N) is 3. The fourth-order valence-electron chi connectivity index (χ4n) is 3.83. The predicted molar refractivity (Wildman–Crippen MR) is 112 cm³/mol. The lowest BCUT2D eigenvalue weighted by molar-refractivity contribution is -0.900. The van der Waals surface area contributed by atoms with Crippen LogP contribution >= 0.6 is 0 Å². The number of likely N-dealkylation sites (tertiary alicyclic amines) is 1. The van der Waals surface area contributed by atoms with E-state index >= 15 is 0 Å². The van der Waals surface area contributed by atoms with E-state index in [9.17, 15) is 9.59 Å². The number of quaternary nitrogens is 1. The summed E-state index contributed by atoms with van der Waals surface area (Å²) in [5.41, 5.74) is 2.27. The van der Waals surface area contributed by atoms with Crippen LogP contribution in [0.2, 0.25) is 0 Å². The Morgan fingerprint density at radius 1 is 1.07 bits per heavy atom. The smallest absolute Gasteiger partial charge is 0.279 e. The molecular weight excluding hydrogens is 350 g/mol. The Morgan fingerprint density at radius 3 is 2.61 bits per heavy atom. The van der Waals surface area contributed by atoms with Crippen molar-refractivity contribution in [3.8, 4) is 0 Å². The van der Waals surface area contributed by atoms with Crippen molar-refractivity contribution >= 4 is 17.5 Å². The van der Waals surface area contributed by atoms with Crippen LogP contribution in [0.3, 0.4) is 0 Å². The zero-order chi connectivity index (χ0) is 19.8. The Bertz CT molecular complexity index is 791. The molecule has 148 valence electrons. The molecule has 2 amide bonds. The van der Waals surface area contributed by atoms with Crippen molar-refractivity contribution in [3.63, 3.8) is 0 Å². The molecule has 5 nitrogen and oxygen atoms in total. The molecule has 2 atom stereocenters. The van der Waals surface area contributed by atoms with Crippen molar-refractivity contribution < 1.29 is 14.5 Å². The van der Waals surface area contributed by atoms with E-state index in [1.54, 1.807) is 12.1 Å². The topological polar surface area (TPSA) is 62.6 Å². The zero-order valence-corrected chi connectivity index (χ0v) is 16.5. The van der Waals surface area contributed by atoms with Gasteiger partial charge in [-0.25, -0.2) is 0 Å². The molecule has 2 aromatic rings. The first kappa shape index (κ1) is 20.1. The molecule has 2 aromatic carbocycles. The van der Waals surface area contributed by atoms with Gasteiger partial charge in [-0.15, -0.1) is 0 Å². The quantitative estimate of drug-likeness (QED) is 0.687. The molecule has 0 aromatic heterocycles. The summed E-state index contributed by atoms with van der Waals surface area (Å²) in [5.74, 6) is 0.471. The second-order valence-corrected chi connectivity index (χ2v) is 7.71. The molecule has 0 saturated carbocycles. The van der Waals surface area contributed by atoms with Crippen LogP contribution in [0.15, 0.2) is 54.6 Å². The lowest BCUT2D eigenvalue weighted by Gasteiger charge is -2.27. The third kappa shape index (κ3) is 5.92. The molecule has 1 aliphatic heterocycles. The highest BCUT2D eigenvalue weighted by Gasteiger charge is 2.22. The molecule has 3 N–H and O–H groups in total. The first-order chi connectivity index (χ1) is 13.6. The predicted octanol–water partition coefficient (Wildman–Crippen LogP) is 1.91. The van der Waals surface area contributed by atoms with Crippen LogP contribution in [0.25, 0.3) is 0 Å². The van der Waals surface area contributed by atoms with Gasteiger partial charge in [-0.1, -0.05) is 49.4 Å². The molecule has 3 rings (SSSR count). The molecule has 1 aliphatic rings. The Morgan fingerprint density at radius 2 is 1.82 bits per heavy atom. The van der Waals surface area contributed by atoms with E-state index in [0.29, 0.717) is 30.3 Å². The van der Waals surface area contributed by atoms with E-state index in [2.05, 4.69) is 17.6 Å². The molecule has 1 heterocycles. The van der Waals surface area contributed by atoms with E-state index in [-0.39, 0.29) is 11.8 Å². The number of benzene rings is 2. The number of piperidine rings is 1. The summed E-state index contributed by atoms with van der Waals surface area (Å²) < 4.78 is 0. The molecule has 1 unspecified atom stereocenters. The first-order valence-electron chi connectivity index (χ1n) is 10.2. The van der Waals surface area contributed by atoms with Gasteiger partial charge in [-0.05, 0) is 37.0 Å². The molecule has 0 spiro atoms. The average molecular weight is 381 g/mol. The van der Waals surface area contributed by atoms with E-state index < -0.39 is 0 Å². The van der Waals surface area contributed by atoms with Gasteiger partial charge in [0.2, 0.25) is 0 Å². The monoisotopic (exact) mass is 380 g/mol. The maximum atomic E-state index is 12.6. The SMILES string of the molecule is C[C@@H]1CCC[NH+](CC(=O)Nc2ccccc2C(=O)NCCc2ccccc2)C1. The lowest BCUT2D eigenvalue weighted by atomic mass is 10.0. The highest BCUT2D eigenvalue weighted by molar-refractivity contribution is 6.03. The largest absolute Gasteiger partial charge is 0.352 e. The second kappa shape index (κ2) is 10.0. The van der Waals surface area contributed by atoms with Crippen molar-refractivity contribution in [1.82, 2.24) is 5.32 Å². The number of anilines is 1. The van der Waals surface area contributed by atoms with Crippen LogP contribution in [0, 0.1) is 5.92 Å². The summed E-state index contributed by atoms with van der Waals surface area (Å²) >= 11 is 0. The van der Waals surface area contributed by atoms with Gasteiger partial charge < -0.3 is 15.5 Å².